The Morgan fingerprint density at radius 2 is 0.916 bits per heavy atom. The fourth-order valence-electron chi connectivity index (χ4n) is 10.8. The van der Waals surface area contributed by atoms with E-state index in [1.54, 1.807) is 102 Å². The molecule has 29 heteroatoms. The quantitative estimate of drug-likeness (QED) is 0.0406. The largest absolute Gasteiger partial charge is 0.452 e. The lowest BCUT2D eigenvalue weighted by molar-refractivity contribution is -0.167. The summed E-state index contributed by atoms with van der Waals surface area (Å²) in [5.41, 5.74) is 9.32. The average molecular weight is 1440 g/mol. The summed E-state index contributed by atoms with van der Waals surface area (Å²) in [5.74, 6) is -0.702. The number of benzene rings is 3. The first kappa shape index (κ1) is 82.9. The molecule has 0 saturated carbocycles. The van der Waals surface area contributed by atoms with Crippen LogP contribution in [0.25, 0.3) is 0 Å². The van der Waals surface area contributed by atoms with E-state index in [9.17, 15) is 61.9 Å². The molecule has 21 nitrogen and oxygen atoms in total. The summed E-state index contributed by atoms with van der Waals surface area (Å²) in [6, 6.07) is 14.1. The summed E-state index contributed by atoms with van der Waals surface area (Å²) < 4.78 is 35.1. The molecule has 3 heterocycles. The lowest BCUT2D eigenvalue weighted by Crippen LogP contribution is -2.58. The van der Waals surface area contributed by atoms with Gasteiger partial charge in [0.1, 0.15) is 18.2 Å². The molecule has 3 aromatic rings. The van der Waals surface area contributed by atoms with Crippen molar-refractivity contribution in [2.24, 2.45) is 22.0 Å². The number of ketones is 3. The molecular weight excluding hydrogens is 1340 g/mol. The predicted octanol–water partition coefficient (Wildman–Crippen LogP) is 6.61. The van der Waals surface area contributed by atoms with Crippen molar-refractivity contribution in [3.05, 3.63) is 103 Å². The summed E-state index contributed by atoms with van der Waals surface area (Å²) in [7, 11) is -3.71. The van der Waals surface area contributed by atoms with Crippen molar-refractivity contribution in [1.82, 2.24) is 25.2 Å². The minimum Gasteiger partial charge on any atom is -0.452 e. The van der Waals surface area contributed by atoms with E-state index in [1.165, 1.54) is 23.6 Å². The maximum absolute atomic E-state index is 13.4. The number of rotatable bonds is 24. The highest BCUT2D eigenvalue weighted by atomic mass is 35.5. The highest BCUT2D eigenvalue weighted by Gasteiger charge is 2.45. The van der Waals surface area contributed by atoms with Gasteiger partial charge in [-0.15, -0.1) is 0 Å². The number of nitrogens with two attached hydrogens (primary N) is 1. The third kappa shape index (κ3) is 26.6. The van der Waals surface area contributed by atoms with E-state index >= 15 is 0 Å². The number of Topliss-reactive ketones (excluding diaryl/α,β-unsaturated/α-hetero) is 3. The molecule has 0 bridgehead atoms. The molecule has 3 fully saturated rings. The second-order valence-electron chi connectivity index (χ2n) is 27.3. The number of nitrogens with zero attached hydrogens (tertiary/aromatic N) is 3. The zero-order valence-corrected chi connectivity index (χ0v) is 61.8. The van der Waals surface area contributed by atoms with Gasteiger partial charge in [0.15, 0.2) is 29.6 Å². The normalized spacial score (nSPS) is 19.3. The highest BCUT2D eigenvalue weighted by molar-refractivity contribution is 7.99. The van der Waals surface area contributed by atoms with Crippen LogP contribution < -0.4 is 16.2 Å². The fourth-order valence-corrected chi connectivity index (χ4v) is 15.0. The van der Waals surface area contributed by atoms with Crippen molar-refractivity contribution in [2.45, 2.75) is 184 Å². The number of aryl methyl sites for hydroxylation is 3. The van der Waals surface area contributed by atoms with E-state index in [1.807, 2.05) is 45.0 Å². The first-order valence-corrected chi connectivity index (χ1v) is 37.1. The lowest BCUT2D eigenvalue weighted by atomic mass is 9.87. The maximum Gasteiger partial charge on any atom is 0.373 e. The zero-order chi connectivity index (χ0) is 71.4. The maximum atomic E-state index is 13.4. The minimum atomic E-state index is -1.22. The second-order valence-corrected chi connectivity index (χ2v) is 33.0. The summed E-state index contributed by atoms with van der Waals surface area (Å²) in [4.78, 5) is 107. The lowest BCUT2D eigenvalue weighted by Gasteiger charge is -2.39. The molecule has 0 spiro atoms. The molecule has 8 atom stereocenters. The van der Waals surface area contributed by atoms with Crippen molar-refractivity contribution in [3.8, 4) is 0 Å². The molecule has 6 rings (SSSR count). The Labute approximate surface area is 585 Å². The van der Waals surface area contributed by atoms with Crippen molar-refractivity contribution in [3.63, 3.8) is 0 Å². The van der Waals surface area contributed by atoms with E-state index in [2.05, 4.69) is 10.5 Å². The van der Waals surface area contributed by atoms with Gasteiger partial charge < -0.3 is 55.5 Å². The summed E-state index contributed by atoms with van der Waals surface area (Å²) >= 11 is 20.0. The van der Waals surface area contributed by atoms with Gasteiger partial charge in [0, 0.05) is 143 Å². The number of hydrogen-bond donors (Lipinski definition) is 6. The van der Waals surface area contributed by atoms with Gasteiger partial charge in [-0.3, -0.25) is 46.8 Å². The number of nitrogens with one attached hydrogen (secondary N) is 2. The van der Waals surface area contributed by atoms with Crippen LogP contribution in [0.4, 0.5) is 0 Å². The van der Waals surface area contributed by atoms with Crippen molar-refractivity contribution >= 4 is 129 Å². The Hall–Kier alpha value is -4.57. The number of ether oxygens (including phenoxy) is 2. The molecule has 7 N–H and O–H groups in total. The van der Waals surface area contributed by atoms with E-state index in [0.29, 0.717) is 72.0 Å². The van der Waals surface area contributed by atoms with Gasteiger partial charge in [0.25, 0.3) is 17.7 Å². The van der Waals surface area contributed by atoms with Gasteiger partial charge >= 0.3 is 26.0 Å². The highest BCUT2D eigenvalue weighted by Crippen LogP contribution is 2.31. The molecule has 0 radical (unpaired) electrons. The average Bonchev–Trinajstić information content (AvgIpc) is 0.816. The Kier molecular flexibility index (Phi) is 33.3. The van der Waals surface area contributed by atoms with Gasteiger partial charge in [-0.2, -0.15) is 11.8 Å². The van der Waals surface area contributed by atoms with Crippen molar-refractivity contribution < 1.29 is 71.4 Å². The van der Waals surface area contributed by atoms with E-state index in [-0.39, 0.29) is 72.9 Å². The number of aliphatic hydroxyl groups excluding tert-OH is 1. The van der Waals surface area contributed by atoms with Gasteiger partial charge in [-0.05, 0) is 108 Å². The van der Waals surface area contributed by atoms with Crippen LogP contribution in [0.5, 0.6) is 0 Å². The molecule has 3 aromatic carbocycles. The minimum absolute atomic E-state index is 0.0274. The summed E-state index contributed by atoms with van der Waals surface area (Å²) in [5, 5.41) is 37.0. The molecule has 2 unspecified atom stereocenters. The molecule has 3 aliphatic heterocycles. The first-order valence-electron chi connectivity index (χ1n) is 31.9. The Bertz CT molecular complexity index is 3220. The van der Waals surface area contributed by atoms with Gasteiger partial charge in [-0.1, -0.05) is 115 Å². The van der Waals surface area contributed by atoms with Crippen LogP contribution in [0, 0.1) is 16.2 Å². The van der Waals surface area contributed by atoms with Crippen LogP contribution in [0.3, 0.4) is 0 Å². The van der Waals surface area contributed by atoms with E-state index < -0.39 is 112 Å². The number of aliphatic hydroxyl groups is 1. The third-order valence-electron chi connectivity index (χ3n) is 16.1. The number of carbonyl (C=O) groups is 8. The van der Waals surface area contributed by atoms with Crippen molar-refractivity contribution in [1.29, 1.82) is 0 Å². The van der Waals surface area contributed by atoms with Crippen molar-refractivity contribution in [2.75, 3.05) is 54.2 Å². The van der Waals surface area contributed by atoms with Gasteiger partial charge in [0.2, 0.25) is 0 Å². The number of thioether (sulfide) groups is 1. The fraction of sp³-hybridized carbons (Fsp3) is 0.606. The number of carbonyl (C=O) groups excluding carboxylic acids is 8. The SMILES string of the molecule is CB(O)NCc1ccc(Cl)cc1CCC(=O)[C@@H]1CS(=O)CCN1C(=O)[C@H](OC(C)=O)C(C)(C)C.CB(O)NCc1ccc(Cl)cc1CCC(=O)[C@@H]1CSCCN1C(=O)[C@H](OC(C)=O)C(C)(C)C.CC(C)(C)[C@@H](O)C(=O)N1CCS(=O)C[C@H]1C(=O)CCc1cc(Cl)ccc1CN. The first-order chi connectivity index (χ1) is 44.2. The van der Waals surface area contributed by atoms with Gasteiger partial charge in [-0.25, -0.2) is 0 Å². The molecule has 95 heavy (non-hydrogen) atoms. The number of hydrogen-bond acceptors (Lipinski definition) is 19. The molecular formula is C66H97B2Cl3N6O15S3. The number of amides is 3. The summed E-state index contributed by atoms with van der Waals surface area (Å²) in [6.45, 7) is 24.0. The zero-order valence-electron chi connectivity index (χ0n) is 57.1. The second kappa shape index (κ2) is 38.1. The summed E-state index contributed by atoms with van der Waals surface area (Å²) in [6.07, 6.45) is -1.33. The molecule has 526 valence electrons. The van der Waals surface area contributed by atoms with Gasteiger partial charge in [0.05, 0.1) is 17.5 Å². The smallest absolute Gasteiger partial charge is 0.373 e. The third-order valence-corrected chi connectivity index (χ3v) is 20.5. The van der Waals surface area contributed by atoms with Crippen LogP contribution in [0.1, 0.15) is 129 Å². The van der Waals surface area contributed by atoms with E-state index in [0.717, 1.165) is 39.1 Å². The number of esters is 2. The monoisotopic (exact) mass is 1440 g/mol. The van der Waals surface area contributed by atoms with E-state index in [4.69, 9.17) is 50.0 Å². The Balaban J connectivity index is 0.000000305. The van der Waals surface area contributed by atoms with Crippen LogP contribution in [0.2, 0.25) is 28.7 Å². The predicted molar refractivity (Wildman–Crippen MR) is 379 cm³/mol. The van der Waals surface area contributed by atoms with Crippen LogP contribution in [-0.2, 0) is 108 Å². The standard InChI is InChI=1S/C23H34BClN2O6S.C23H34BClN2O5S.C20H29ClN2O4S/c1-15(28)33-21(23(2,3)4)22(30)27-10-11-34(32)14-19(27)20(29)9-7-16-12-18(25)8-6-17(16)13-26-24(5)31;1-15(28)32-21(23(2,3)4)22(30)27-10-11-33-14-19(27)20(29)9-7-16-12-18(25)8-6-17(16)13-26-24(5)31;1-20(2,3)18(25)19(26)23-8-9-28(27)12-16(23)17(24)7-5-13-10-15(21)6-4-14(13)11-22/h6,8,12,19,21,26,31H,7,9-11,13-14H2,1-5H3;6,8,12,19,21,26,31H,7,9-11,13-14H2,1-5H3;4,6,10,16,18,25H,5,7-9,11-12,22H2,1-3H3/t19-,21-,34?;19-,21-;16-,18-,28?/m000/s1. The van der Waals surface area contributed by atoms with Crippen LogP contribution >= 0.6 is 46.6 Å². The molecule has 0 aliphatic carbocycles. The Morgan fingerprint density at radius 3 is 1.26 bits per heavy atom. The molecule has 0 aromatic heterocycles. The van der Waals surface area contributed by atoms with Crippen LogP contribution in [0.15, 0.2) is 54.6 Å². The molecule has 3 saturated heterocycles. The molecule has 3 aliphatic rings. The Morgan fingerprint density at radius 1 is 0.568 bits per heavy atom. The van der Waals surface area contributed by atoms with Crippen LogP contribution in [-0.4, -0.2) is 190 Å². The molecule has 3 amide bonds. The topological polar surface area (TPSA) is 310 Å². The number of halogens is 3.